The van der Waals surface area contributed by atoms with Crippen LogP contribution in [0.3, 0.4) is 0 Å². The van der Waals surface area contributed by atoms with E-state index in [0.717, 1.165) is 47.7 Å². The topological polar surface area (TPSA) is 54.4 Å². The number of hydrogen-bond acceptors (Lipinski definition) is 5. The van der Waals surface area contributed by atoms with E-state index >= 15 is 0 Å². The monoisotopic (exact) mass is 449 g/mol. The van der Waals surface area contributed by atoms with E-state index in [1.807, 2.05) is 18.2 Å². The minimum atomic E-state index is -0.237. The Morgan fingerprint density at radius 1 is 1.06 bits per heavy atom. The molecule has 6 nitrogen and oxygen atoms in total. The molecule has 0 saturated carbocycles. The van der Waals surface area contributed by atoms with Crippen molar-refractivity contribution in [1.29, 1.82) is 0 Å². The number of likely N-dealkylation sites (tertiary alicyclic amines) is 1. The molecule has 6 heteroatoms. The number of hydrazone groups is 1. The number of methoxy groups -OCH3 is 2. The number of hydrogen-bond donors (Lipinski definition) is 0. The molecule has 33 heavy (non-hydrogen) atoms. The van der Waals surface area contributed by atoms with Gasteiger partial charge in [-0.2, -0.15) is 5.10 Å². The molecule has 2 aromatic carbocycles. The van der Waals surface area contributed by atoms with E-state index in [9.17, 15) is 4.79 Å². The standard InChI is InChI=1S/C27H35N3O3/c1-18-9-10-21(14-19(18)2)24-16-25(23-15-22(32-4)11-12-26(23)33-5)30(28-24)27(31)17-29-13-7-6-8-20(29)3/h9-12,14-15,20,25H,6-8,13,16-17H2,1-5H3/t20-,25+/m0/s1. The summed E-state index contributed by atoms with van der Waals surface area (Å²) in [5.74, 6) is 1.50. The third-order valence-corrected chi connectivity index (χ3v) is 7.08. The highest BCUT2D eigenvalue weighted by molar-refractivity contribution is 6.03. The van der Waals surface area contributed by atoms with E-state index in [1.165, 1.54) is 17.5 Å². The highest BCUT2D eigenvalue weighted by atomic mass is 16.5. The average Bonchev–Trinajstić information content (AvgIpc) is 3.27. The Morgan fingerprint density at radius 2 is 1.88 bits per heavy atom. The number of rotatable bonds is 6. The first kappa shape index (κ1) is 23.3. The fourth-order valence-electron chi connectivity index (χ4n) is 4.82. The third kappa shape index (κ3) is 4.91. The van der Waals surface area contributed by atoms with Gasteiger partial charge in [0.05, 0.1) is 32.5 Å². The average molecular weight is 450 g/mol. The van der Waals surface area contributed by atoms with E-state index in [0.29, 0.717) is 19.0 Å². The number of amides is 1. The molecule has 0 aliphatic carbocycles. The van der Waals surface area contributed by atoms with Crippen LogP contribution in [0.5, 0.6) is 11.5 Å². The van der Waals surface area contributed by atoms with Gasteiger partial charge in [0.15, 0.2) is 0 Å². The maximum Gasteiger partial charge on any atom is 0.257 e. The number of nitrogens with zero attached hydrogens (tertiary/aromatic N) is 3. The van der Waals surface area contributed by atoms with Crippen LogP contribution in [-0.2, 0) is 4.79 Å². The fourth-order valence-corrected chi connectivity index (χ4v) is 4.82. The number of ether oxygens (including phenoxy) is 2. The fraction of sp³-hybridized carbons (Fsp3) is 0.481. The van der Waals surface area contributed by atoms with Crippen molar-refractivity contribution in [2.75, 3.05) is 27.3 Å². The van der Waals surface area contributed by atoms with Gasteiger partial charge in [0.2, 0.25) is 0 Å². The molecule has 176 valence electrons. The van der Waals surface area contributed by atoms with Gasteiger partial charge >= 0.3 is 0 Å². The largest absolute Gasteiger partial charge is 0.497 e. The van der Waals surface area contributed by atoms with E-state index < -0.39 is 0 Å². The van der Waals surface area contributed by atoms with Crippen LogP contribution < -0.4 is 9.47 Å². The highest BCUT2D eigenvalue weighted by Gasteiger charge is 2.36. The van der Waals surface area contributed by atoms with Gasteiger partial charge in [0.1, 0.15) is 11.5 Å². The zero-order chi connectivity index (χ0) is 23.5. The molecule has 0 bridgehead atoms. The summed E-state index contributed by atoms with van der Waals surface area (Å²) < 4.78 is 11.2. The molecule has 1 amide bonds. The Hall–Kier alpha value is -2.86. The van der Waals surface area contributed by atoms with Crippen LogP contribution in [0.4, 0.5) is 0 Å². The highest BCUT2D eigenvalue weighted by Crippen LogP contribution is 2.39. The second-order valence-electron chi connectivity index (χ2n) is 9.23. The summed E-state index contributed by atoms with van der Waals surface area (Å²) in [4.78, 5) is 15.9. The van der Waals surface area contributed by atoms with Crippen LogP contribution in [0, 0.1) is 13.8 Å². The molecular weight excluding hydrogens is 414 g/mol. The van der Waals surface area contributed by atoms with Crippen molar-refractivity contribution in [3.63, 3.8) is 0 Å². The van der Waals surface area contributed by atoms with Crippen molar-refractivity contribution in [2.45, 2.75) is 58.5 Å². The lowest BCUT2D eigenvalue weighted by Crippen LogP contribution is -2.44. The van der Waals surface area contributed by atoms with E-state index in [-0.39, 0.29) is 11.9 Å². The van der Waals surface area contributed by atoms with Crippen molar-refractivity contribution in [3.05, 3.63) is 58.7 Å². The lowest BCUT2D eigenvalue weighted by Gasteiger charge is -2.34. The van der Waals surface area contributed by atoms with Gasteiger partial charge in [-0.05, 0) is 81.1 Å². The SMILES string of the molecule is COc1ccc(OC)c([C@H]2CC(c3ccc(C)c(C)c3)=NN2C(=O)CN2CCCC[C@@H]2C)c1. The van der Waals surface area contributed by atoms with Crippen molar-refractivity contribution >= 4 is 11.6 Å². The molecule has 1 fully saturated rings. The van der Waals surface area contributed by atoms with Gasteiger partial charge < -0.3 is 9.47 Å². The minimum Gasteiger partial charge on any atom is -0.497 e. The molecule has 2 aliphatic rings. The van der Waals surface area contributed by atoms with Crippen LogP contribution in [-0.4, -0.2) is 54.9 Å². The first-order valence-electron chi connectivity index (χ1n) is 11.8. The van der Waals surface area contributed by atoms with Gasteiger partial charge in [0.25, 0.3) is 5.91 Å². The molecule has 0 radical (unpaired) electrons. The smallest absolute Gasteiger partial charge is 0.257 e. The zero-order valence-corrected chi connectivity index (χ0v) is 20.4. The number of carbonyl (C=O) groups excluding carboxylic acids is 1. The second-order valence-corrected chi connectivity index (χ2v) is 9.23. The Bertz CT molecular complexity index is 1050. The normalized spacial score (nSPS) is 21.1. The van der Waals surface area contributed by atoms with Crippen LogP contribution in [0.15, 0.2) is 41.5 Å². The van der Waals surface area contributed by atoms with E-state index in [4.69, 9.17) is 14.6 Å². The molecule has 1 saturated heterocycles. The van der Waals surface area contributed by atoms with Gasteiger partial charge in [-0.15, -0.1) is 0 Å². The van der Waals surface area contributed by atoms with Crippen LogP contribution in [0.2, 0.25) is 0 Å². The lowest BCUT2D eigenvalue weighted by atomic mass is 9.95. The molecule has 2 heterocycles. The summed E-state index contributed by atoms with van der Waals surface area (Å²) in [6.07, 6.45) is 4.14. The van der Waals surface area contributed by atoms with E-state index in [2.05, 4.69) is 43.9 Å². The summed E-state index contributed by atoms with van der Waals surface area (Å²) in [5, 5.41) is 6.57. The van der Waals surface area contributed by atoms with Crippen LogP contribution in [0.1, 0.15) is 60.9 Å². The van der Waals surface area contributed by atoms with Crippen molar-refractivity contribution in [3.8, 4) is 11.5 Å². The van der Waals surface area contributed by atoms with Gasteiger partial charge in [-0.25, -0.2) is 5.01 Å². The first-order chi connectivity index (χ1) is 15.9. The number of carbonyl (C=O) groups is 1. The Balaban J connectivity index is 1.70. The Morgan fingerprint density at radius 3 is 2.58 bits per heavy atom. The Labute approximate surface area is 197 Å². The molecule has 4 rings (SSSR count). The molecule has 0 unspecified atom stereocenters. The summed E-state index contributed by atoms with van der Waals surface area (Å²) in [7, 11) is 3.31. The maximum absolute atomic E-state index is 13.6. The summed E-state index contributed by atoms with van der Waals surface area (Å²) in [5.41, 5.74) is 5.37. The summed E-state index contributed by atoms with van der Waals surface area (Å²) in [6.45, 7) is 7.77. The van der Waals surface area contributed by atoms with Crippen LogP contribution in [0.25, 0.3) is 0 Å². The summed E-state index contributed by atoms with van der Waals surface area (Å²) >= 11 is 0. The lowest BCUT2D eigenvalue weighted by molar-refractivity contribution is -0.135. The molecular formula is C27H35N3O3. The van der Waals surface area contributed by atoms with Crippen molar-refractivity contribution in [1.82, 2.24) is 9.91 Å². The van der Waals surface area contributed by atoms with Gasteiger partial charge in [-0.1, -0.05) is 18.6 Å². The van der Waals surface area contributed by atoms with E-state index in [1.54, 1.807) is 19.2 Å². The molecule has 0 aromatic heterocycles. The van der Waals surface area contributed by atoms with Crippen molar-refractivity contribution < 1.29 is 14.3 Å². The number of benzene rings is 2. The second kappa shape index (κ2) is 9.96. The quantitative estimate of drug-likeness (QED) is 0.631. The summed E-state index contributed by atoms with van der Waals surface area (Å²) in [6, 6.07) is 12.3. The molecule has 2 atom stereocenters. The number of aryl methyl sites for hydroxylation is 2. The minimum absolute atomic E-state index is 0.0254. The van der Waals surface area contributed by atoms with Gasteiger partial charge in [0, 0.05) is 18.0 Å². The zero-order valence-electron chi connectivity index (χ0n) is 20.4. The third-order valence-electron chi connectivity index (χ3n) is 7.08. The molecule has 0 spiro atoms. The number of piperidine rings is 1. The van der Waals surface area contributed by atoms with Crippen molar-refractivity contribution in [2.24, 2.45) is 5.10 Å². The van der Waals surface area contributed by atoms with Gasteiger partial charge in [-0.3, -0.25) is 9.69 Å². The first-order valence-corrected chi connectivity index (χ1v) is 11.8. The molecule has 2 aromatic rings. The predicted octanol–water partition coefficient (Wildman–Crippen LogP) is 4.87. The maximum atomic E-state index is 13.6. The molecule has 0 N–H and O–H groups in total. The Kier molecular flexibility index (Phi) is 7.03. The van der Waals surface area contributed by atoms with Crippen LogP contribution >= 0.6 is 0 Å². The predicted molar refractivity (Wildman–Crippen MR) is 131 cm³/mol. The molecule has 2 aliphatic heterocycles.